The number of aryl methyl sites for hydroxylation is 2. The molecule has 0 fully saturated rings. The Morgan fingerprint density at radius 1 is 1.35 bits per heavy atom. The van der Waals surface area contributed by atoms with Gasteiger partial charge < -0.3 is 10.2 Å². The average Bonchev–Trinajstić information content (AvgIpc) is 2.57. The summed E-state index contributed by atoms with van der Waals surface area (Å²) < 4.78 is 19.1. The molecule has 1 aromatic heterocycles. The number of nitrogens with two attached hydrogens (primary N) is 1. The molecule has 0 aliphatic carbocycles. The molecule has 90 valence electrons. The highest BCUT2D eigenvalue weighted by molar-refractivity contribution is 6.31. The van der Waals surface area contributed by atoms with E-state index >= 15 is 0 Å². The van der Waals surface area contributed by atoms with E-state index in [0.29, 0.717) is 16.3 Å². The predicted molar refractivity (Wildman–Crippen MR) is 65.6 cm³/mol. The van der Waals surface area contributed by atoms with Gasteiger partial charge in [0, 0.05) is 16.1 Å². The number of halogens is 2. The van der Waals surface area contributed by atoms with Crippen molar-refractivity contribution in [2.75, 3.05) is 0 Å². The standard InChI is InChI=1S/C13H13ClFNO/c1-7-6-9(8(2)17-7)13(16)12-10(14)4-3-5-11(12)15/h3-6,13H,16H2,1-2H3. The van der Waals surface area contributed by atoms with Gasteiger partial charge in [0.2, 0.25) is 0 Å². The van der Waals surface area contributed by atoms with Gasteiger partial charge in [0.1, 0.15) is 17.3 Å². The highest BCUT2D eigenvalue weighted by Crippen LogP contribution is 2.31. The van der Waals surface area contributed by atoms with Crippen LogP contribution in [0.4, 0.5) is 4.39 Å². The Kier molecular flexibility index (Phi) is 3.22. The second kappa shape index (κ2) is 4.51. The molecule has 0 spiro atoms. The van der Waals surface area contributed by atoms with E-state index in [1.54, 1.807) is 19.1 Å². The summed E-state index contributed by atoms with van der Waals surface area (Å²) in [7, 11) is 0. The van der Waals surface area contributed by atoms with Crippen molar-refractivity contribution in [2.45, 2.75) is 19.9 Å². The van der Waals surface area contributed by atoms with Crippen LogP contribution in [0.3, 0.4) is 0 Å². The number of rotatable bonds is 2. The largest absolute Gasteiger partial charge is 0.466 e. The van der Waals surface area contributed by atoms with Crippen molar-refractivity contribution in [1.82, 2.24) is 0 Å². The third-order valence-corrected chi connectivity index (χ3v) is 3.05. The van der Waals surface area contributed by atoms with Gasteiger partial charge >= 0.3 is 0 Å². The van der Waals surface area contributed by atoms with Gasteiger partial charge in [0.05, 0.1) is 6.04 Å². The maximum absolute atomic E-state index is 13.7. The minimum atomic E-state index is -0.610. The Hall–Kier alpha value is -1.32. The van der Waals surface area contributed by atoms with Crippen LogP contribution >= 0.6 is 11.6 Å². The third-order valence-electron chi connectivity index (χ3n) is 2.73. The quantitative estimate of drug-likeness (QED) is 0.886. The fourth-order valence-electron chi connectivity index (χ4n) is 1.92. The number of furan rings is 1. The molecule has 1 atom stereocenters. The lowest BCUT2D eigenvalue weighted by Gasteiger charge is -2.13. The topological polar surface area (TPSA) is 39.2 Å². The first-order valence-electron chi connectivity index (χ1n) is 5.27. The molecule has 0 aliphatic rings. The van der Waals surface area contributed by atoms with Crippen LogP contribution in [0.15, 0.2) is 28.7 Å². The van der Waals surface area contributed by atoms with E-state index in [2.05, 4.69) is 0 Å². The first-order valence-corrected chi connectivity index (χ1v) is 5.65. The molecule has 0 bridgehead atoms. The molecule has 0 saturated heterocycles. The van der Waals surface area contributed by atoms with E-state index in [-0.39, 0.29) is 0 Å². The van der Waals surface area contributed by atoms with Gasteiger partial charge in [-0.05, 0) is 32.0 Å². The summed E-state index contributed by atoms with van der Waals surface area (Å²) in [4.78, 5) is 0. The Balaban J connectivity index is 2.51. The molecule has 2 N–H and O–H groups in total. The molecular formula is C13H13ClFNO. The lowest BCUT2D eigenvalue weighted by molar-refractivity contribution is 0.499. The Morgan fingerprint density at radius 2 is 2.06 bits per heavy atom. The summed E-state index contributed by atoms with van der Waals surface area (Å²) in [5.74, 6) is 1.04. The smallest absolute Gasteiger partial charge is 0.129 e. The van der Waals surface area contributed by atoms with E-state index in [9.17, 15) is 4.39 Å². The summed E-state index contributed by atoms with van der Waals surface area (Å²) in [5, 5.41) is 0.329. The molecule has 0 radical (unpaired) electrons. The van der Waals surface area contributed by atoms with Crippen molar-refractivity contribution in [2.24, 2.45) is 5.73 Å². The normalized spacial score (nSPS) is 12.8. The second-order valence-electron chi connectivity index (χ2n) is 3.98. The Bertz CT molecular complexity index is 530. The van der Waals surface area contributed by atoms with Crippen LogP contribution in [0.2, 0.25) is 5.02 Å². The Morgan fingerprint density at radius 3 is 2.59 bits per heavy atom. The summed E-state index contributed by atoms with van der Waals surface area (Å²) in [5.41, 5.74) is 7.11. The van der Waals surface area contributed by atoms with E-state index in [1.807, 2.05) is 13.0 Å². The zero-order valence-electron chi connectivity index (χ0n) is 9.63. The van der Waals surface area contributed by atoms with Crippen molar-refractivity contribution in [3.05, 3.63) is 57.8 Å². The third kappa shape index (κ3) is 2.21. The molecule has 1 unspecified atom stereocenters. The number of hydrogen-bond donors (Lipinski definition) is 1. The lowest BCUT2D eigenvalue weighted by Crippen LogP contribution is -2.14. The molecule has 4 heteroatoms. The summed E-state index contributed by atoms with van der Waals surface area (Å²) in [6.07, 6.45) is 0. The fourth-order valence-corrected chi connectivity index (χ4v) is 2.20. The Labute approximate surface area is 104 Å². The fraction of sp³-hybridized carbons (Fsp3) is 0.231. The van der Waals surface area contributed by atoms with Crippen LogP contribution in [0, 0.1) is 19.7 Å². The maximum Gasteiger partial charge on any atom is 0.129 e. The minimum Gasteiger partial charge on any atom is -0.466 e. The number of hydrogen-bond acceptors (Lipinski definition) is 2. The van der Waals surface area contributed by atoms with Crippen LogP contribution in [0.1, 0.15) is 28.7 Å². The zero-order chi connectivity index (χ0) is 12.6. The van der Waals surface area contributed by atoms with Crippen molar-refractivity contribution in [3.8, 4) is 0 Å². The summed E-state index contributed by atoms with van der Waals surface area (Å²) in [6, 6.07) is 5.73. The molecule has 2 aromatic rings. The van der Waals surface area contributed by atoms with Gasteiger partial charge in [-0.3, -0.25) is 0 Å². The van der Waals surface area contributed by atoms with Crippen molar-refractivity contribution < 1.29 is 8.81 Å². The van der Waals surface area contributed by atoms with Gasteiger partial charge in [0.15, 0.2) is 0 Å². The second-order valence-corrected chi connectivity index (χ2v) is 4.39. The molecule has 17 heavy (non-hydrogen) atoms. The number of benzene rings is 1. The van der Waals surface area contributed by atoms with E-state index in [1.165, 1.54) is 6.07 Å². The highest BCUT2D eigenvalue weighted by atomic mass is 35.5. The summed E-state index contributed by atoms with van der Waals surface area (Å²) in [6.45, 7) is 3.63. The monoisotopic (exact) mass is 253 g/mol. The van der Waals surface area contributed by atoms with E-state index in [0.717, 1.165) is 11.3 Å². The van der Waals surface area contributed by atoms with Crippen molar-refractivity contribution >= 4 is 11.6 Å². The van der Waals surface area contributed by atoms with Crippen LogP contribution < -0.4 is 5.73 Å². The van der Waals surface area contributed by atoms with Crippen LogP contribution in [0.25, 0.3) is 0 Å². The predicted octanol–water partition coefficient (Wildman–Crippen LogP) is 3.74. The lowest BCUT2D eigenvalue weighted by atomic mass is 9.99. The first-order chi connectivity index (χ1) is 8.00. The zero-order valence-corrected chi connectivity index (χ0v) is 10.4. The van der Waals surface area contributed by atoms with Crippen LogP contribution in [-0.4, -0.2) is 0 Å². The van der Waals surface area contributed by atoms with Crippen molar-refractivity contribution in [1.29, 1.82) is 0 Å². The molecule has 0 saturated carbocycles. The molecule has 2 rings (SSSR count). The van der Waals surface area contributed by atoms with Gasteiger partial charge in [-0.15, -0.1) is 0 Å². The molecule has 1 aromatic carbocycles. The van der Waals surface area contributed by atoms with Gasteiger partial charge in [-0.25, -0.2) is 4.39 Å². The minimum absolute atomic E-state index is 0.304. The van der Waals surface area contributed by atoms with E-state index in [4.69, 9.17) is 21.8 Å². The first kappa shape index (κ1) is 12.1. The van der Waals surface area contributed by atoms with Crippen LogP contribution in [0.5, 0.6) is 0 Å². The highest BCUT2D eigenvalue weighted by Gasteiger charge is 2.20. The molecule has 1 heterocycles. The van der Waals surface area contributed by atoms with Gasteiger partial charge in [0.25, 0.3) is 0 Å². The van der Waals surface area contributed by atoms with Crippen molar-refractivity contribution in [3.63, 3.8) is 0 Å². The summed E-state index contributed by atoms with van der Waals surface area (Å²) >= 11 is 5.98. The molecular weight excluding hydrogens is 241 g/mol. The average molecular weight is 254 g/mol. The molecule has 0 aliphatic heterocycles. The SMILES string of the molecule is Cc1cc(C(N)c2c(F)cccc2Cl)c(C)o1. The van der Waals surface area contributed by atoms with Crippen LogP contribution in [-0.2, 0) is 0 Å². The molecule has 0 amide bonds. The maximum atomic E-state index is 13.7. The molecule has 2 nitrogen and oxygen atoms in total. The van der Waals surface area contributed by atoms with Gasteiger partial charge in [-0.2, -0.15) is 0 Å². The van der Waals surface area contributed by atoms with Gasteiger partial charge in [-0.1, -0.05) is 17.7 Å². The van der Waals surface area contributed by atoms with E-state index < -0.39 is 11.9 Å².